The number of pyridine rings is 1. The standard InChI is InChI=1S/C26H30Cl2N6O2/c1-32-4-6-34(7-5-32)26-29-16-23(17-30-26)36-25-12-19(18-33-3-2-9-35-10-8-33)11-24(31-25)20-13-21(27)15-22(28)14-20/h11-17H,2-10,18H2,1H3. The average Bonchev–Trinajstić information content (AvgIpc) is 3.13. The molecular formula is C26H30Cl2N6O2. The predicted octanol–water partition coefficient (Wildman–Crippen LogP) is 4.61. The molecule has 2 fully saturated rings. The van der Waals surface area contributed by atoms with Crippen molar-refractivity contribution >= 4 is 29.2 Å². The van der Waals surface area contributed by atoms with Gasteiger partial charge in [0.2, 0.25) is 11.8 Å². The Morgan fingerprint density at radius 2 is 1.64 bits per heavy atom. The molecule has 0 atom stereocenters. The maximum absolute atomic E-state index is 6.28. The van der Waals surface area contributed by atoms with Crippen LogP contribution in [0.4, 0.5) is 5.95 Å². The fourth-order valence-corrected chi connectivity index (χ4v) is 4.94. The van der Waals surface area contributed by atoms with Gasteiger partial charge in [-0.25, -0.2) is 15.0 Å². The van der Waals surface area contributed by atoms with Gasteiger partial charge in [0, 0.05) is 74.1 Å². The third kappa shape index (κ3) is 6.63. The molecule has 0 unspecified atom stereocenters. The Hall–Kier alpha value is -2.49. The number of anilines is 1. The summed E-state index contributed by atoms with van der Waals surface area (Å²) in [5.41, 5.74) is 2.66. The molecule has 2 saturated heterocycles. The van der Waals surface area contributed by atoms with E-state index in [4.69, 9.17) is 37.7 Å². The SMILES string of the molecule is CN1CCN(c2ncc(Oc3cc(CN4CCCOCC4)cc(-c4cc(Cl)cc(Cl)c4)n3)cn2)CC1. The zero-order valence-electron chi connectivity index (χ0n) is 20.4. The molecule has 0 N–H and O–H groups in total. The summed E-state index contributed by atoms with van der Waals surface area (Å²) in [6.45, 7) is 8.00. The Labute approximate surface area is 221 Å². The highest BCUT2D eigenvalue weighted by molar-refractivity contribution is 6.35. The van der Waals surface area contributed by atoms with Crippen molar-refractivity contribution in [3.63, 3.8) is 0 Å². The van der Waals surface area contributed by atoms with Crippen molar-refractivity contribution in [1.82, 2.24) is 24.8 Å². The summed E-state index contributed by atoms with van der Waals surface area (Å²) in [5.74, 6) is 1.73. The summed E-state index contributed by atoms with van der Waals surface area (Å²) in [6, 6.07) is 9.46. The molecule has 8 nitrogen and oxygen atoms in total. The van der Waals surface area contributed by atoms with Gasteiger partial charge in [-0.15, -0.1) is 0 Å². The summed E-state index contributed by atoms with van der Waals surface area (Å²) < 4.78 is 11.8. The van der Waals surface area contributed by atoms with Crippen molar-refractivity contribution in [2.24, 2.45) is 0 Å². The van der Waals surface area contributed by atoms with Crippen molar-refractivity contribution in [2.45, 2.75) is 13.0 Å². The minimum absolute atomic E-state index is 0.473. The van der Waals surface area contributed by atoms with Crippen LogP contribution in [0, 0.1) is 0 Å². The van der Waals surface area contributed by atoms with Crippen LogP contribution in [0.15, 0.2) is 42.7 Å². The van der Waals surface area contributed by atoms with Crippen molar-refractivity contribution < 1.29 is 9.47 Å². The molecule has 0 spiro atoms. The molecule has 5 rings (SSSR count). The molecule has 1 aromatic carbocycles. The Kier molecular flexibility index (Phi) is 8.19. The van der Waals surface area contributed by atoms with Crippen LogP contribution in [-0.4, -0.2) is 84.3 Å². The minimum Gasteiger partial charge on any atom is -0.436 e. The van der Waals surface area contributed by atoms with Gasteiger partial charge >= 0.3 is 0 Å². The third-order valence-electron chi connectivity index (χ3n) is 6.36. The molecular weight excluding hydrogens is 499 g/mol. The van der Waals surface area contributed by atoms with Crippen LogP contribution in [0.1, 0.15) is 12.0 Å². The number of hydrogen-bond donors (Lipinski definition) is 0. The number of piperazine rings is 1. The topological polar surface area (TPSA) is 66.9 Å². The number of halogens is 2. The van der Waals surface area contributed by atoms with E-state index in [2.05, 4.69) is 37.8 Å². The van der Waals surface area contributed by atoms with Crippen LogP contribution in [0.3, 0.4) is 0 Å². The Morgan fingerprint density at radius 1 is 0.889 bits per heavy atom. The molecule has 0 bridgehead atoms. The second-order valence-corrected chi connectivity index (χ2v) is 10.1. The first-order valence-corrected chi connectivity index (χ1v) is 13.0. The number of aromatic nitrogens is 3. The van der Waals surface area contributed by atoms with Crippen LogP contribution in [0.2, 0.25) is 10.0 Å². The smallest absolute Gasteiger partial charge is 0.225 e. The predicted molar refractivity (Wildman–Crippen MR) is 142 cm³/mol. The van der Waals surface area contributed by atoms with Crippen LogP contribution < -0.4 is 9.64 Å². The zero-order chi connectivity index (χ0) is 24.9. The van der Waals surface area contributed by atoms with Crippen molar-refractivity contribution in [3.05, 3.63) is 58.3 Å². The van der Waals surface area contributed by atoms with E-state index in [-0.39, 0.29) is 0 Å². The summed E-state index contributed by atoms with van der Waals surface area (Å²) in [4.78, 5) is 20.7. The average molecular weight is 529 g/mol. The summed E-state index contributed by atoms with van der Waals surface area (Å²) in [7, 11) is 2.13. The number of ether oxygens (including phenoxy) is 2. The molecule has 4 heterocycles. The third-order valence-corrected chi connectivity index (χ3v) is 6.80. The molecule has 2 aliphatic heterocycles. The molecule has 3 aromatic rings. The highest BCUT2D eigenvalue weighted by atomic mass is 35.5. The lowest BCUT2D eigenvalue weighted by Crippen LogP contribution is -2.45. The van der Waals surface area contributed by atoms with Gasteiger partial charge in [-0.3, -0.25) is 4.90 Å². The number of rotatable bonds is 6. The monoisotopic (exact) mass is 528 g/mol. The van der Waals surface area contributed by atoms with E-state index in [1.165, 1.54) is 0 Å². The van der Waals surface area contributed by atoms with Gasteiger partial charge in [-0.05, 0) is 43.3 Å². The minimum atomic E-state index is 0.473. The quantitative estimate of drug-likeness (QED) is 0.459. The van der Waals surface area contributed by atoms with Crippen LogP contribution in [0.5, 0.6) is 11.6 Å². The Morgan fingerprint density at radius 3 is 2.39 bits per heavy atom. The maximum Gasteiger partial charge on any atom is 0.225 e. The van der Waals surface area contributed by atoms with Crippen molar-refractivity contribution in [3.8, 4) is 22.9 Å². The Balaban J connectivity index is 1.39. The lowest BCUT2D eigenvalue weighted by Gasteiger charge is -2.32. The van der Waals surface area contributed by atoms with E-state index >= 15 is 0 Å². The van der Waals surface area contributed by atoms with E-state index < -0.39 is 0 Å². The highest BCUT2D eigenvalue weighted by Crippen LogP contribution is 2.30. The molecule has 0 radical (unpaired) electrons. The number of benzene rings is 1. The van der Waals surface area contributed by atoms with E-state index in [9.17, 15) is 0 Å². The van der Waals surface area contributed by atoms with Gasteiger partial charge < -0.3 is 19.3 Å². The maximum atomic E-state index is 6.28. The largest absolute Gasteiger partial charge is 0.436 e. The van der Waals surface area contributed by atoms with Gasteiger partial charge in [-0.1, -0.05) is 23.2 Å². The number of likely N-dealkylation sites (N-methyl/N-ethyl adjacent to an activating group) is 1. The van der Waals surface area contributed by atoms with Crippen LogP contribution in [-0.2, 0) is 11.3 Å². The zero-order valence-corrected chi connectivity index (χ0v) is 21.9. The van der Waals surface area contributed by atoms with Crippen LogP contribution in [0.25, 0.3) is 11.3 Å². The van der Waals surface area contributed by atoms with E-state index in [1.807, 2.05) is 18.2 Å². The molecule has 0 amide bonds. The van der Waals surface area contributed by atoms with E-state index in [0.717, 1.165) is 88.2 Å². The first kappa shape index (κ1) is 25.2. The highest BCUT2D eigenvalue weighted by Gasteiger charge is 2.17. The fourth-order valence-electron chi connectivity index (χ4n) is 4.42. The molecule has 36 heavy (non-hydrogen) atoms. The summed E-state index contributed by atoms with van der Waals surface area (Å²) >= 11 is 12.6. The molecule has 2 aliphatic rings. The molecule has 0 aliphatic carbocycles. The van der Waals surface area contributed by atoms with E-state index in [0.29, 0.717) is 21.7 Å². The second kappa shape index (κ2) is 11.7. The molecule has 190 valence electrons. The first-order chi connectivity index (χ1) is 17.5. The Bertz CT molecular complexity index is 1140. The number of hydrogen-bond acceptors (Lipinski definition) is 8. The van der Waals surface area contributed by atoms with Crippen LogP contribution >= 0.6 is 23.2 Å². The van der Waals surface area contributed by atoms with Gasteiger partial charge in [0.05, 0.1) is 24.7 Å². The van der Waals surface area contributed by atoms with Gasteiger partial charge in [-0.2, -0.15) is 0 Å². The van der Waals surface area contributed by atoms with Gasteiger partial charge in [0.25, 0.3) is 0 Å². The summed E-state index contributed by atoms with van der Waals surface area (Å²) in [5, 5.41) is 1.12. The number of nitrogens with zero attached hydrogens (tertiary/aromatic N) is 6. The summed E-state index contributed by atoms with van der Waals surface area (Å²) in [6.07, 6.45) is 4.43. The van der Waals surface area contributed by atoms with E-state index in [1.54, 1.807) is 18.5 Å². The fraction of sp³-hybridized carbons (Fsp3) is 0.423. The molecule has 2 aromatic heterocycles. The normalized spacial score (nSPS) is 17.7. The molecule has 10 heteroatoms. The second-order valence-electron chi connectivity index (χ2n) is 9.21. The van der Waals surface area contributed by atoms with Crippen molar-refractivity contribution in [2.75, 3.05) is 64.4 Å². The molecule has 0 saturated carbocycles. The van der Waals surface area contributed by atoms with Crippen molar-refractivity contribution in [1.29, 1.82) is 0 Å². The lowest BCUT2D eigenvalue weighted by atomic mass is 10.1. The van der Waals surface area contributed by atoms with Gasteiger partial charge in [0.1, 0.15) is 0 Å². The van der Waals surface area contributed by atoms with Gasteiger partial charge in [0.15, 0.2) is 5.75 Å². The first-order valence-electron chi connectivity index (χ1n) is 12.2. The lowest BCUT2D eigenvalue weighted by molar-refractivity contribution is 0.140.